The van der Waals surface area contributed by atoms with Gasteiger partial charge in [-0.2, -0.15) is 0 Å². The topological polar surface area (TPSA) is 74.4 Å². The molecular weight excluding hydrogens is 354 g/mol. The lowest BCUT2D eigenvalue weighted by atomic mass is 10.1. The number of anilines is 1. The van der Waals surface area contributed by atoms with Crippen LogP contribution < -0.4 is 15.0 Å². The second-order valence-corrected chi connectivity index (χ2v) is 7.18. The van der Waals surface area contributed by atoms with Gasteiger partial charge in [-0.25, -0.2) is 0 Å². The van der Waals surface area contributed by atoms with E-state index in [9.17, 15) is 9.59 Å². The zero-order valence-electron chi connectivity index (χ0n) is 16.0. The molecule has 0 spiro atoms. The van der Waals surface area contributed by atoms with Crippen molar-refractivity contribution < 1.29 is 14.3 Å². The molecule has 2 aromatic carbocycles. The molecule has 6 heteroatoms. The van der Waals surface area contributed by atoms with Crippen molar-refractivity contribution in [1.29, 1.82) is 0 Å². The Morgan fingerprint density at radius 3 is 2.86 bits per heavy atom. The van der Waals surface area contributed by atoms with E-state index in [0.717, 1.165) is 27.8 Å². The lowest BCUT2D eigenvalue weighted by molar-refractivity contribution is -0.126. The molecule has 6 nitrogen and oxygen atoms in total. The summed E-state index contributed by atoms with van der Waals surface area (Å²) in [5.74, 6) is 0.0935. The minimum Gasteiger partial charge on any atom is -0.495 e. The van der Waals surface area contributed by atoms with Crippen LogP contribution in [-0.4, -0.2) is 30.5 Å². The van der Waals surface area contributed by atoms with Crippen molar-refractivity contribution in [3.8, 4) is 5.75 Å². The first-order chi connectivity index (χ1) is 13.5. The fourth-order valence-corrected chi connectivity index (χ4v) is 3.68. The lowest BCUT2D eigenvalue weighted by Crippen LogP contribution is -2.32. The highest BCUT2D eigenvalue weighted by Gasteiger charge is 2.36. The Kier molecular flexibility index (Phi) is 4.77. The van der Waals surface area contributed by atoms with Crippen molar-refractivity contribution in [2.75, 3.05) is 18.6 Å². The van der Waals surface area contributed by atoms with Crippen LogP contribution in [0.5, 0.6) is 5.75 Å². The summed E-state index contributed by atoms with van der Waals surface area (Å²) in [6, 6.07) is 15.7. The Hall–Kier alpha value is -3.28. The summed E-state index contributed by atoms with van der Waals surface area (Å²) in [7, 11) is 1.58. The second-order valence-electron chi connectivity index (χ2n) is 7.18. The van der Waals surface area contributed by atoms with E-state index in [0.29, 0.717) is 18.8 Å². The van der Waals surface area contributed by atoms with Crippen LogP contribution in [0.4, 0.5) is 5.69 Å². The maximum Gasteiger partial charge on any atom is 0.227 e. The van der Waals surface area contributed by atoms with Crippen molar-refractivity contribution >= 4 is 28.4 Å². The third-order valence-corrected chi connectivity index (χ3v) is 5.16. The van der Waals surface area contributed by atoms with Crippen LogP contribution in [0.3, 0.4) is 0 Å². The van der Waals surface area contributed by atoms with Gasteiger partial charge in [0.15, 0.2) is 0 Å². The summed E-state index contributed by atoms with van der Waals surface area (Å²) in [5.41, 5.74) is 3.74. The molecule has 1 fully saturated rings. The number of aryl methyl sites for hydroxylation is 1. The third kappa shape index (κ3) is 3.45. The largest absolute Gasteiger partial charge is 0.495 e. The van der Waals surface area contributed by atoms with Crippen molar-refractivity contribution in [2.24, 2.45) is 5.92 Å². The predicted octanol–water partition coefficient (Wildman–Crippen LogP) is 3.15. The molecule has 28 heavy (non-hydrogen) atoms. The second kappa shape index (κ2) is 7.38. The molecule has 1 unspecified atom stereocenters. The molecule has 2 N–H and O–H groups in total. The summed E-state index contributed by atoms with van der Waals surface area (Å²) < 4.78 is 5.39. The quantitative estimate of drug-likeness (QED) is 0.717. The van der Waals surface area contributed by atoms with Gasteiger partial charge in [0.25, 0.3) is 0 Å². The SMILES string of the molecule is COc1ccc(C)cc1N1CC(C(=O)NCc2cc3ccccc3[nH]2)CC1=O. The van der Waals surface area contributed by atoms with Gasteiger partial charge in [0.2, 0.25) is 11.8 Å². The highest BCUT2D eigenvalue weighted by Crippen LogP contribution is 2.34. The first-order valence-electron chi connectivity index (χ1n) is 9.34. The van der Waals surface area contributed by atoms with Gasteiger partial charge in [-0.3, -0.25) is 9.59 Å². The van der Waals surface area contributed by atoms with Gasteiger partial charge in [-0.1, -0.05) is 24.3 Å². The van der Waals surface area contributed by atoms with Crippen LogP contribution in [0.2, 0.25) is 0 Å². The van der Waals surface area contributed by atoms with E-state index in [2.05, 4.69) is 10.3 Å². The number of benzene rings is 2. The summed E-state index contributed by atoms with van der Waals surface area (Å²) in [4.78, 5) is 30.1. The number of carbonyl (C=O) groups excluding carboxylic acids is 2. The Bertz CT molecular complexity index is 1010. The third-order valence-electron chi connectivity index (χ3n) is 5.16. The molecule has 1 aromatic heterocycles. The van der Waals surface area contributed by atoms with Crippen molar-refractivity contribution in [2.45, 2.75) is 19.9 Å². The molecule has 2 heterocycles. The fraction of sp³-hybridized carbons (Fsp3) is 0.273. The van der Waals surface area contributed by atoms with E-state index in [1.54, 1.807) is 12.0 Å². The number of nitrogens with one attached hydrogen (secondary N) is 2. The number of hydrogen-bond acceptors (Lipinski definition) is 3. The predicted molar refractivity (Wildman–Crippen MR) is 108 cm³/mol. The van der Waals surface area contributed by atoms with Crippen LogP contribution in [0.15, 0.2) is 48.5 Å². The molecule has 1 aliphatic rings. The maximum absolute atomic E-state index is 12.6. The highest BCUT2D eigenvalue weighted by molar-refractivity contribution is 6.01. The Labute approximate surface area is 163 Å². The Balaban J connectivity index is 1.43. The molecule has 0 aliphatic carbocycles. The molecule has 1 atom stereocenters. The number of nitrogens with zero attached hydrogens (tertiary/aromatic N) is 1. The first-order valence-corrected chi connectivity index (χ1v) is 9.34. The zero-order chi connectivity index (χ0) is 19.7. The lowest BCUT2D eigenvalue weighted by Gasteiger charge is -2.20. The fourth-order valence-electron chi connectivity index (χ4n) is 3.68. The Morgan fingerprint density at radius 1 is 1.25 bits per heavy atom. The molecule has 0 radical (unpaired) electrons. The smallest absolute Gasteiger partial charge is 0.227 e. The van der Waals surface area contributed by atoms with E-state index in [4.69, 9.17) is 4.74 Å². The normalized spacial score (nSPS) is 16.6. The van der Waals surface area contributed by atoms with Gasteiger partial charge in [-0.15, -0.1) is 0 Å². The number of carbonyl (C=O) groups is 2. The van der Waals surface area contributed by atoms with Crippen molar-refractivity contribution in [3.05, 3.63) is 59.8 Å². The Morgan fingerprint density at radius 2 is 2.07 bits per heavy atom. The van der Waals surface area contributed by atoms with Crippen LogP contribution in [0, 0.1) is 12.8 Å². The van der Waals surface area contributed by atoms with Crippen molar-refractivity contribution in [3.63, 3.8) is 0 Å². The van der Waals surface area contributed by atoms with Crippen molar-refractivity contribution in [1.82, 2.24) is 10.3 Å². The van der Waals surface area contributed by atoms with Crippen LogP contribution >= 0.6 is 0 Å². The average Bonchev–Trinajstić information content (AvgIpc) is 3.29. The highest BCUT2D eigenvalue weighted by atomic mass is 16.5. The zero-order valence-corrected chi connectivity index (χ0v) is 16.0. The molecular formula is C22H23N3O3. The monoisotopic (exact) mass is 377 g/mol. The summed E-state index contributed by atoms with van der Waals surface area (Å²) in [5, 5.41) is 4.07. The van der Waals surface area contributed by atoms with E-state index >= 15 is 0 Å². The number of methoxy groups -OCH3 is 1. The summed E-state index contributed by atoms with van der Waals surface area (Å²) in [6.07, 6.45) is 0.204. The number of ether oxygens (including phenoxy) is 1. The van der Waals surface area contributed by atoms with Gasteiger partial charge < -0.3 is 19.9 Å². The minimum absolute atomic E-state index is 0.0605. The van der Waals surface area contributed by atoms with E-state index in [1.807, 2.05) is 55.5 Å². The number of H-pyrrole nitrogens is 1. The molecule has 3 aromatic rings. The molecule has 1 aliphatic heterocycles. The number of fused-ring (bicyclic) bond motifs is 1. The number of amides is 2. The van der Waals surface area contributed by atoms with Gasteiger partial charge in [-0.05, 0) is 42.1 Å². The van der Waals surface area contributed by atoms with Gasteiger partial charge in [0.05, 0.1) is 25.3 Å². The number of rotatable bonds is 5. The van der Waals surface area contributed by atoms with Gasteiger partial charge >= 0.3 is 0 Å². The van der Waals surface area contributed by atoms with E-state index in [-0.39, 0.29) is 24.2 Å². The maximum atomic E-state index is 12.6. The van der Waals surface area contributed by atoms with E-state index < -0.39 is 0 Å². The molecule has 4 rings (SSSR count). The minimum atomic E-state index is -0.373. The average molecular weight is 377 g/mol. The van der Waals surface area contributed by atoms with Crippen LogP contribution in [0.25, 0.3) is 10.9 Å². The summed E-state index contributed by atoms with van der Waals surface area (Å²) >= 11 is 0. The number of hydrogen-bond donors (Lipinski definition) is 2. The molecule has 0 bridgehead atoms. The standard InChI is InChI=1S/C22H23N3O3/c1-14-7-8-20(28-2)19(9-14)25-13-16(11-21(25)26)22(27)23-12-17-10-15-5-3-4-6-18(15)24-17/h3-10,16,24H,11-13H2,1-2H3,(H,23,27). The number of para-hydroxylation sites is 1. The molecule has 0 saturated carbocycles. The van der Waals surface area contributed by atoms with Gasteiger partial charge in [0, 0.05) is 24.2 Å². The van der Waals surface area contributed by atoms with Crippen LogP contribution in [-0.2, 0) is 16.1 Å². The van der Waals surface area contributed by atoms with Gasteiger partial charge in [0.1, 0.15) is 5.75 Å². The summed E-state index contributed by atoms with van der Waals surface area (Å²) in [6.45, 7) is 2.73. The number of aromatic amines is 1. The molecule has 144 valence electrons. The molecule has 2 amide bonds. The van der Waals surface area contributed by atoms with E-state index in [1.165, 1.54) is 0 Å². The van der Waals surface area contributed by atoms with Crippen LogP contribution in [0.1, 0.15) is 17.7 Å². The molecule has 1 saturated heterocycles. The number of aromatic nitrogens is 1. The first kappa shape index (κ1) is 18.1.